The van der Waals surface area contributed by atoms with Gasteiger partial charge in [-0.1, -0.05) is 5.16 Å². The van der Waals surface area contributed by atoms with Gasteiger partial charge in [0, 0.05) is 32.1 Å². The lowest BCUT2D eigenvalue weighted by molar-refractivity contribution is -0.131. The molecule has 3 unspecified atom stereocenters. The molecule has 3 aliphatic heterocycles. The second-order valence-electron chi connectivity index (χ2n) is 7.81. The van der Waals surface area contributed by atoms with Crippen molar-refractivity contribution in [3.8, 4) is 0 Å². The van der Waals surface area contributed by atoms with Gasteiger partial charge in [-0.3, -0.25) is 4.79 Å². The summed E-state index contributed by atoms with van der Waals surface area (Å²) in [4.78, 5) is 33.3. The van der Waals surface area contributed by atoms with Gasteiger partial charge in [0.1, 0.15) is 6.04 Å². The maximum absolute atomic E-state index is 12.7. The third kappa shape index (κ3) is 3.54. The maximum atomic E-state index is 12.7. The van der Waals surface area contributed by atoms with E-state index in [4.69, 9.17) is 4.52 Å². The Balaban J connectivity index is 1.32. The summed E-state index contributed by atoms with van der Waals surface area (Å²) in [6, 6.07) is -0.157. The Hall–Kier alpha value is -2.12. The molecule has 0 bridgehead atoms. The maximum Gasteiger partial charge on any atom is 0.318 e. The number of hydrogen-bond donors (Lipinski definition) is 1. The van der Waals surface area contributed by atoms with E-state index in [0.717, 1.165) is 45.2 Å². The van der Waals surface area contributed by atoms with Crippen LogP contribution in [0.4, 0.5) is 4.79 Å². The number of carbonyl (C=O) groups is 2. The van der Waals surface area contributed by atoms with Crippen LogP contribution in [0.25, 0.3) is 0 Å². The Morgan fingerprint density at radius 3 is 2.92 bits per heavy atom. The van der Waals surface area contributed by atoms with Crippen LogP contribution in [0, 0.1) is 12.8 Å². The first-order chi connectivity index (χ1) is 12.6. The number of aryl methyl sites for hydroxylation is 1. The van der Waals surface area contributed by atoms with Crippen molar-refractivity contribution >= 4 is 11.9 Å². The zero-order valence-corrected chi connectivity index (χ0v) is 15.3. The average molecular weight is 361 g/mol. The Bertz CT molecular complexity index is 676. The quantitative estimate of drug-likeness (QED) is 0.881. The summed E-state index contributed by atoms with van der Waals surface area (Å²) in [5.41, 5.74) is 0. The van der Waals surface area contributed by atoms with E-state index in [0.29, 0.717) is 36.6 Å². The molecule has 0 radical (unpaired) electrons. The minimum absolute atomic E-state index is 0.0953. The zero-order chi connectivity index (χ0) is 18.1. The molecule has 3 fully saturated rings. The fourth-order valence-electron chi connectivity index (χ4n) is 4.56. The molecule has 3 amide bonds. The number of urea groups is 1. The number of amides is 3. The number of piperidine rings is 2. The molecular weight excluding hydrogens is 334 g/mol. The van der Waals surface area contributed by atoms with Crippen LogP contribution in [0.5, 0.6) is 0 Å². The number of hydrogen-bond acceptors (Lipinski definition) is 5. The van der Waals surface area contributed by atoms with E-state index in [-0.39, 0.29) is 18.0 Å². The molecule has 3 saturated heterocycles. The van der Waals surface area contributed by atoms with Crippen LogP contribution in [0.15, 0.2) is 4.52 Å². The lowest BCUT2D eigenvalue weighted by Crippen LogP contribution is -2.51. The number of likely N-dealkylation sites (tertiary alicyclic amines) is 1. The molecule has 1 N–H and O–H groups in total. The second kappa shape index (κ2) is 7.25. The van der Waals surface area contributed by atoms with E-state index in [1.54, 1.807) is 6.92 Å². The highest BCUT2D eigenvalue weighted by Crippen LogP contribution is 2.28. The zero-order valence-electron chi connectivity index (χ0n) is 15.3. The van der Waals surface area contributed by atoms with Crippen molar-refractivity contribution in [2.24, 2.45) is 5.92 Å². The molecule has 1 aromatic rings. The molecule has 0 aromatic carbocycles. The van der Waals surface area contributed by atoms with Crippen LogP contribution < -0.4 is 5.32 Å². The molecule has 3 aliphatic rings. The second-order valence-corrected chi connectivity index (χ2v) is 7.81. The molecule has 4 heterocycles. The highest BCUT2D eigenvalue weighted by atomic mass is 16.5. The number of carbonyl (C=O) groups excluding carboxylic acids is 2. The molecular formula is C18H27N5O3. The summed E-state index contributed by atoms with van der Waals surface area (Å²) in [5, 5.41) is 6.81. The van der Waals surface area contributed by atoms with E-state index in [2.05, 4.69) is 15.5 Å². The summed E-state index contributed by atoms with van der Waals surface area (Å²) in [7, 11) is 0. The minimum atomic E-state index is -0.357. The van der Waals surface area contributed by atoms with Gasteiger partial charge in [-0.15, -0.1) is 0 Å². The highest BCUT2D eigenvalue weighted by Gasteiger charge is 2.41. The van der Waals surface area contributed by atoms with Gasteiger partial charge < -0.3 is 19.6 Å². The predicted molar refractivity (Wildman–Crippen MR) is 93.3 cm³/mol. The molecule has 26 heavy (non-hydrogen) atoms. The average Bonchev–Trinajstić information content (AvgIpc) is 3.19. The fraction of sp³-hybridized carbons (Fsp3) is 0.778. The Labute approximate surface area is 153 Å². The predicted octanol–water partition coefficient (Wildman–Crippen LogP) is 1.50. The summed E-state index contributed by atoms with van der Waals surface area (Å²) >= 11 is 0. The van der Waals surface area contributed by atoms with Crippen LogP contribution in [-0.2, 0) is 11.2 Å². The van der Waals surface area contributed by atoms with Gasteiger partial charge in [-0.2, -0.15) is 4.98 Å². The van der Waals surface area contributed by atoms with E-state index in [1.165, 1.54) is 6.42 Å². The molecule has 0 aliphatic carbocycles. The molecule has 4 rings (SSSR count). The normalized spacial score (nSPS) is 29.0. The first kappa shape index (κ1) is 17.3. The van der Waals surface area contributed by atoms with Gasteiger partial charge in [-0.25, -0.2) is 4.79 Å². The summed E-state index contributed by atoms with van der Waals surface area (Å²) in [6.07, 6.45) is 6.77. The highest BCUT2D eigenvalue weighted by molar-refractivity contribution is 5.89. The number of nitrogens with one attached hydrogen (secondary N) is 1. The van der Waals surface area contributed by atoms with Crippen molar-refractivity contribution in [1.29, 1.82) is 0 Å². The molecule has 1 aromatic heterocycles. The third-order valence-corrected chi connectivity index (χ3v) is 5.85. The summed E-state index contributed by atoms with van der Waals surface area (Å²) in [5.74, 6) is 1.69. The van der Waals surface area contributed by atoms with Crippen molar-refractivity contribution < 1.29 is 14.1 Å². The first-order valence-corrected chi connectivity index (χ1v) is 9.75. The van der Waals surface area contributed by atoms with Gasteiger partial charge in [0.25, 0.3) is 0 Å². The van der Waals surface area contributed by atoms with Gasteiger partial charge in [0.2, 0.25) is 11.8 Å². The molecule has 3 atom stereocenters. The van der Waals surface area contributed by atoms with E-state index < -0.39 is 0 Å². The summed E-state index contributed by atoms with van der Waals surface area (Å²) in [6.45, 7) is 4.05. The van der Waals surface area contributed by atoms with Crippen molar-refractivity contribution in [3.63, 3.8) is 0 Å². The topological polar surface area (TPSA) is 91.6 Å². The van der Waals surface area contributed by atoms with E-state index in [9.17, 15) is 9.59 Å². The number of fused-ring (bicyclic) bond motifs is 1. The first-order valence-electron chi connectivity index (χ1n) is 9.75. The monoisotopic (exact) mass is 361 g/mol. The summed E-state index contributed by atoms with van der Waals surface area (Å²) < 4.78 is 5.21. The van der Waals surface area contributed by atoms with E-state index in [1.807, 2.05) is 9.80 Å². The standard InChI is InChI=1S/C18H27N5O3/c1-12-19-16(26-21-12)9-13-5-4-7-22(11-13)18(25)20-15-10-14-6-2-3-8-23(14)17(15)24/h13-15H,2-11H2,1H3,(H,20,25). The third-order valence-electron chi connectivity index (χ3n) is 5.85. The SMILES string of the molecule is Cc1noc(CC2CCCN(C(=O)NC3CC4CCCCN4C3=O)C2)n1. The lowest BCUT2D eigenvalue weighted by Gasteiger charge is -2.32. The van der Waals surface area contributed by atoms with Crippen molar-refractivity contribution in [3.05, 3.63) is 11.7 Å². The number of rotatable bonds is 3. The van der Waals surface area contributed by atoms with Crippen LogP contribution >= 0.6 is 0 Å². The van der Waals surface area contributed by atoms with E-state index >= 15 is 0 Å². The minimum Gasteiger partial charge on any atom is -0.339 e. The fourth-order valence-corrected chi connectivity index (χ4v) is 4.56. The van der Waals surface area contributed by atoms with Crippen molar-refractivity contribution in [2.75, 3.05) is 19.6 Å². The molecule has 0 saturated carbocycles. The smallest absolute Gasteiger partial charge is 0.318 e. The Kier molecular flexibility index (Phi) is 4.82. The van der Waals surface area contributed by atoms with Crippen molar-refractivity contribution in [1.82, 2.24) is 25.3 Å². The Morgan fingerprint density at radius 1 is 1.27 bits per heavy atom. The van der Waals surface area contributed by atoms with Crippen LogP contribution in [0.1, 0.15) is 50.2 Å². The molecule has 0 spiro atoms. The van der Waals surface area contributed by atoms with Gasteiger partial charge in [-0.05, 0) is 51.4 Å². The van der Waals surface area contributed by atoms with Crippen LogP contribution in [0.3, 0.4) is 0 Å². The molecule has 8 heteroatoms. The van der Waals surface area contributed by atoms with Gasteiger partial charge >= 0.3 is 6.03 Å². The lowest BCUT2D eigenvalue weighted by atomic mass is 9.95. The largest absolute Gasteiger partial charge is 0.339 e. The van der Waals surface area contributed by atoms with Crippen LogP contribution in [0.2, 0.25) is 0 Å². The Morgan fingerprint density at radius 2 is 2.15 bits per heavy atom. The van der Waals surface area contributed by atoms with Gasteiger partial charge in [0.05, 0.1) is 0 Å². The van der Waals surface area contributed by atoms with Crippen molar-refractivity contribution in [2.45, 2.75) is 64.0 Å². The number of aromatic nitrogens is 2. The molecule has 8 nitrogen and oxygen atoms in total. The van der Waals surface area contributed by atoms with Crippen LogP contribution in [-0.4, -0.2) is 63.6 Å². The number of nitrogens with zero attached hydrogens (tertiary/aromatic N) is 4. The van der Waals surface area contributed by atoms with Gasteiger partial charge in [0.15, 0.2) is 5.82 Å². The molecule has 142 valence electrons.